The average molecular weight is 220 g/mol. The third-order valence-electron chi connectivity index (χ3n) is 2.43. The van der Waals surface area contributed by atoms with Gasteiger partial charge >= 0.3 is 0 Å². The van der Waals surface area contributed by atoms with Crippen LogP contribution in [-0.2, 0) is 6.42 Å². The van der Waals surface area contributed by atoms with E-state index >= 15 is 0 Å². The molecular weight excluding hydrogens is 200 g/mol. The molecule has 0 aliphatic heterocycles. The van der Waals surface area contributed by atoms with Crippen LogP contribution in [0.2, 0.25) is 0 Å². The molecule has 0 amide bonds. The van der Waals surface area contributed by atoms with Crippen LogP contribution >= 0.6 is 0 Å². The highest BCUT2D eigenvalue weighted by atomic mass is 16.5. The summed E-state index contributed by atoms with van der Waals surface area (Å²) in [6, 6.07) is 3.46. The molecule has 0 unspecified atom stereocenters. The number of aromatic hydroxyl groups is 1. The van der Waals surface area contributed by atoms with Gasteiger partial charge in [-0.3, -0.25) is 0 Å². The minimum Gasteiger partial charge on any atom is -0.508 e. The zero-order valence-corrected chi connectivity index (χ0v) is 10.5. The molecule has 0 saturated heterocycles. The SMILES string of the molecule is CCOc1cc(O)cc(C)c1CC=C(C)C. The number of benzene rings is 1. The molecule has 88 valence electrons. The quantitative estimate of drug-likeness (QED) is 0.785. The Bertz CT molecular complexity index is 388. The predicted molar refractivity (Wildman–Crippen MR) is 67.1 cm³/mol. The van der Waals surface area contributed by atoms with Crippen molar-refractivity contribution in [1.82, 2.24) is 0 Å². The number of rotatable bonds is 4. The number of phenolic OH excluding ortho intramolecular Hbond substituents is 1. The Morgan fingerprint density at radius 2 is 2.06 bits per heavy atom. The Hall–Kier alpha value is -1.44. The maximum Gasteiger partial charge on any atom is 0.126 e. The van der Waals surface area contributed by atoms with Crippen LogP contribution in [0.3, 0.4) is 0 Å². The number of phenols is 1. The molecule has 16 heavy (non-hydrogen) atoms. The fourth-order valence-corrected chi connectivity index (χ4v) is 1.62. The van der Waals surface area contributed by atoms with E-state index in [2.05, 4.69) is 19.9 Å². The van der Waals surface area contributed by atoms with Gasteiger partial charge in [0, 0.05) is 11.6 Å². The lowest BCUT2D eigenvalue weighted by molar-refractivity contribution is 0.334. The molecule has 0 atom stereocenters. The lowest BCUT2D eigenvalue weighted by Gasteiger charge is -2.12. The molecular formula is C14H20O2. The molecule has 1 N–H and O–H groups in total. The zero-order chi connectivity index (χ0) is 12.1. The highest BCUT2D eigenvalue weighted by molar-refractivity contribution is 5.46. The molecule has 0 bridgehead atoms. The van der Waals surface area contributed by atoms with Gasteiger partial charge in [-0.1, -0.05) is 11.6 Å². The van der Waals surface area contributed by atoms with Crippen molar-refractivity contribution in [2.24, 2.45) is 0 Å². The first kappa shape index (κ1) is 12.6. The second-order valence-corrected chi connectivity index (χ2v) is 4.16. The molecule has 2 nitrogen and oxygen atoms in total. The molecule has 1 aromatic rings. The van der Waals surface area contributed by atoms with Crippen LogP contribution in [0.1, 0.15) is 31.9 Å². The third-order valence-corrected chi connectivity index (χ3v) is 2.43. The van der Waals surface area contributed by atoms with E-state index in [0.29, 0.717) is 6.61 Å². The first-order valence-electron chi connectivity index (χ1n) is 5.63. The fraction of sp³-hybridized carbons (Fsp3) is 0.429. The average Bonchev–Trinajstić information content (AvgIpc) is 2.16. The summed E-state index contributed by atoms with van der Waals surface area (Å²) in [6.45, 7) is 8.72. The lowest BCUT2D eigenvalue weighted by atomic mass is 10.0. The van der Waals surface area contributed by atoms with Crippen LogP contribution in [0.5, 0.6) is 11.5 Å². The Morgan fingerprint density at radius 3 is 2.62 bits per heavy atom. The second-order valence-electron chi connectivity index (χ2n) is 4.16. The van der Waals surface area contributed by atoms with E-state index in [9.17, 15) is 5.11 Å². The molecule has 1 aromatic carbocycles. The largest absolute Gasteiger partial charge is 0.508 e. The van der Waals surface area contributed by atoms with Gasteiger partial charge in [-0.05, 0) is 45.7 Å². The molecule has 1 rings (SSSR count). The highest BCUT2D eigenvalue weighted by Crippen LogP contribution is 2.28. The molecule has 0 spiro atoms. The van der Waals surface area contributed by atoms with Gasteiger partial charge in [0.2, 0.25) is 0 Å². The van der Waals surface area contributed by atoms with Crippen LogP contribution in [0.15, 0.2) is 23.8 Å². The van der Waals surface area contributed by atoms with Gasteiger partial charge in [0.25, 0.3) is 0 Å². The van der Waals surface area contributed by atoms with Gasteiger partial charge in [-0.15, -0.1) is 0 Å². The Morgan fingerprint density at radius 1 is 1.38 bits per heavy atom. The molecule has 0 radical (unpaired) electrons. The van der Waals surface area contributed by atoms with Crippen molar-refractivity contribution in [2.75, 3.05) is 6.61 Å². The molecule has 0 fully saturated rings. The normalized spacial score (nSPS) is 10.0. The van der Waals surface area contributed by atoms with Crippen molar-refractivity contribution < 1.29 is 9.84 Å². The van der Waals surface area contributed by atoms with Crippen molar-refractivity contribution in [2.45, 2.75) is 34.1 Å². The van der Waals surface area contributed by atoms with E-state index in [1.165, 1.54) is 5.57 Å². The molecule has 0 heterocycles. The Labute approximate surface area is 97.6 Å². The van der Waals surface area contributed by atoms with Gasteiger partial charge in [-0.25, -0.2) is 0 Å². The van der Waals surface area contributed by atoms with Crippen molar-refractivity contribution in [3.8, 4) is 11.5 Å². The summed E-state index contributed by atoms with van der Waals surface area (Å²) >= 11 is 0. The number of hydrogen-bond donors (Lipinski definition) is 1. The molecule has 0 aliphatic rings. The van der Waals surface area contributed by atoms with Crippen molar-refractivity contribution in [1.29, 1.82) is 0 Å². The van der Waals surface area contributed by atoms with E-state index in [-0.39, 0.29) is 5.75 Å². The maximum absolute atomic E-state index is 9.53. The molecule has 0 aromatic heterocycles. The van der Waals surface area contributed by atoms with Gasteiger partial charge in [0.05, 0.1) is 6.61 Å². The van der Waals surface area contributed by atoms with Crippen molar-refractivity contribution >= 4 is 0 Å². The molecule has 0 aliphatic carbocycles. The first-order valence-corrected chi connectivity index (χ1v) is 5.63. The summed E-state index contributed by atoms with van der Waals surface area (Å²) in [6.07, 6.45) is 3.02. The third kappa shape index (κ3) is 3.30. The summed E-state index contributed by atoms with van der Waals surface area (Å²) in [5.41, 5.74) is 3.51. The van der Waals surface area contributed by atoms with E-state index < -0.39 is 0 Å². The van der Waals surface area contributed by atoms with Crippen molar-refractivity contribution in [3.05, 3.63) is 34.9 Å². The van der Waals surface area contributed by atoms with Crippen LogP contribution in [-0.4, -0.2) is 11.7 Å². The summed E-state index contributed by atoms with van der Waals surface area (Å²) < 4.78 is 5.54. The van der Waals surface area contributed by atoms with Crippen molar-refractivity contribution in [3.63, 3.8) is 0 Å². The van der Waals surface area contributed by atoms with Crippen LogP contribution < -0.4 is 4.74 Å². The monoisotopic (exact) mass is 220 g/mol. The van der Waals surface area contributed by atoms with Gasteiger partial charge in [0.1, 0.15) is 11.5 Å². The number of ether oxygens (including phenoxy) is 1. The molecule has 0 saturated carbocycles. The van der Waals surface area contributed by atoms with Crippen LogP contribution in [0.4, 0.5) is 0 Å². The Kier molecular flexibility index (Phi) is 4.41. The van der Waals surface area contributed by atoms with E-state index in [4.69, 9.17) is 4.74 Å². The summed E-state index contributed by atoms with van der Waals surface area (Å²) in [7, 11) is 0. The van der Waals surface area contributed by atoms with Crippen LogP contribution in [0.25, 0.3) is 0 Å². The van der Waals surface area contributed by atoms with Gasteiger partial charge in [-0.2, -0.15) is 0 Å². The minimum absolute atomic E-state index is 0.266. The first-order chi connectivity index (χ1) is 7.54. The standard InChI is InChI=1S/C14H20O2/c1-5-16-14-9-12(15)8-11(4)13(14)7-6-10(2)3/h6,8-9,15H,5,7H2,1-4H3. The van der Waals surface area contributed by atoms with Crippen LogP contribution in [0, 0.1) is 6.92 Å². The summed E-state index contributed by atoms with van der Waals surface area (Å²) in [5.74, 6) is 1.06. The van der Waals surface area contributed by atoms with E-state index in [0.717, 1.165) is 23.3 Å². The number of allylic oxidation sites excluding steroid dienone is 2. The second kappa shape index (κ2) is 5.59. The van der Waals surface area contributed by atoms with E-state index in [1.54, 1.807) is 12.1 Å². The maximum atomic E-state index is 9.53. The number of hydrogen-bond acceptors (Lipinski definition) is 2. The number of aryl methyl sites for hydroxylation is 1. The predicted octanol–water partition coefficient (Wildman–Crippen LogP) is 3.61. The fourth-order valence-electron chi connectivity index (χ4n) is 1.62. The lowest BCUT2D eigenvalue weighted by Crippen LogP contribution is -1.98. The summed E-state index contributed by atoms with van der Waals surface area (Å²) in [4.78, 5) is 0. The van der Waals surface area contributed by atoms with E-state index in [1.807, 2.05) is 13.8 Å². The summed E-state index contributed by atoms with van der Waals surface area (Å²) in [5, 5.41) is 9.53. The topological polar surface area (TPSA) is 29.5 Å². The molecule has 2 heteroatoms. The van der Waals surface area contributed by atoms with Gasteiger partial charge in [0.15, 0.2) is 0 Å². The van der Waals surface area contributed by atoms with Gasteiger partial charge < -0.3 is 9.84 Å². The smallest absolute Gasteiger partial charge is 0.126 e. The Balaban J connectivity index is 3.08. The minimum atomic E-state index is 0.266. The highest BCUT2D eigenvalue weighted by Gasteiger charge is 2.07. The zero-order valence-electron chi connectivity index (χ0n) is 10.5.